The second-order valence-electron chi connectivity index (χ2n) is 3.44. The molecule has 0 unspecified atom stereocenters. The fourth-order valence-corrected chi connectivity index (χ4v) is 1.43. The van der Waals surface area contributed by atoms with Crippen LogP contribution < -0.4 is 5.32 Å². The van der Waals surface area contributed by atoms with Crippen LogP contribution in [0.3, 0.4) is 0 Å². The van der Waals surface area contributed by atoms with Crippen molar-refractivity contribution in [3.63, 3.8) is 0 Å². The van der Waals surface area contributed by atoms with Gasteiger partial charge in [-0.1, -0.05) is 0 Å². The van der Waals surface area contributed by atoms with Gasteiger partial charge in [-0.15, -0.1) is 12.4 Å². The summed E-state index contributed by atoms with van der Waals surface area (Å²) in [4.78, 5) is 2.52. The first-order valence-corrected chi connectivity index (χ1v) is 4.17. The number of hydrogen-bond donors (Lipinski definition) is 1. The van der Waals surface area contributed by atoms with Crippen molar-refractivity contribution >= 4 is 12.4 Å². The molecule has 3 heteroatoms. The summed E-state index contributed by atoms with van der Waals surface area (Å²) >= 11 is 0. The molecule has 1 aliphatic heterocycles. The zero-order valence-corrected chi connectivity index (χ0v) is 8.45. The van der Waals surface area contributed by atoms with E-state index in [1.165, 1.54) is 13.1 Å². The molecule has 0 aromatic carbocycles. The van der Waals surface area contributed by atoms with Crippen LogP contribution in [0, 0.1) is 0 Å². The lowest BCUT2D eigenvalue weighted by Gasteiger charge is -2.34. The van der Waals surface area contributed by atoms with E-state index in [-0.39, 0.29) is 12.4 Å². The minimum Gasteiger partial charge on any atom is -0.312 e. The molecule has 1 heterocycles. The molecule has 0 aromatic heterocycles. The van der Waals surface area contributed by atoms with Crippen LogP contribution in [0.5, 0.6) is 0 Å². The highest BCUT2D eigenvalue weighted by Gasteiger charge is 2.16. The summed E-state index contributed by atoms with van der Waals surface area (Å²) in [7, 11) is 0. The van der Waals surface area contributed by atoms with Gasteiger partial charge in [0, 0.05) is 31.7 Å². The summed E-state index contributed by atoms with van der Waals surface area (Å²) in [6.07, 6.45) is 0. The van der Waals surface area contributed by atoms with E-state index in [2.05, 4.69) is 31.0 Å². The smallest absolute Gasteiger partial charge is 0.0167 e. The quantitative estimate of drug-likeness (QED) is 0.648. The van der Waals surface area contributed by atoms with Crippen molar-refractivity contribution in [3.8, 4) is 0 Å². The molecule has 0 saturated carbocycles. The summed E-state index contributed by atoms with van der Waals surface area (Å²) in [6.45, 7) is 10.3. The zero-order valence-electron chi connectivity index (χ0n) is 7.63. The summed E-state index contributed by atoms with van der Waals surface area (Å²) in [5.74, 6) is 0. The van der Waals surface area contributed by atoms with Crippen molar-refractivity contribution in [3.05, 3.63) is 0 Å². The van der Waals surface area contributed by atoms with Crippen molar-refractivity contribution in [1.29, 1.82) is 0 Å². The molecule has 0 bridgehead atoms. The van der Waals surface area contributed by atoms with Gasteiger partial charge in [-0.3, -0.25) is 4.90 Å². The Morgan fingerprint density at radius 2 is 2.09 bits per heavy atom. The molecule has 0 amide bonds. The lowest BCUT2D eigenvalue weighted by molar-refractivity contribution is 0.168. The molecule has 1 N–H and O–H groups in total. The highest BCUT2D eigenvalue weighted by atomic mass is 35.5. The molecule has 0 radical (unpaired) electrons. The minimum atomic E-state index is 0. The first-order chi connectivity index (χ1) is 4.70. The maximum atomic E-state index is 3.43. The highest BCUT2D eigenvalue weighted by Crippen LogP contribution is 2.02. The normalized spacial score (nSPS) is 26.7. The fraction of sp³-hybridized carbons (Fsp3) is 1.00. The number of piperazine rings is 1. The number of nitrogens with zero attached hydrogens (tertiary/aromatic N) is 1. The van der Waals surface area contributed by atoms with E-state index < -0.39 is 0 Å². The Hall–Kier alpha value is 0.210. The molecule has 68 valence electrons. The van der Waals surface area contributed by atoms with Crippen molar-refractivity contribution < 1.29 is 0 Å². The van der Waals surface area contributed by atoms with Crippen molar-refractivity contribution in [2.24, 2.45) is 0 Å². The van der Waals surface area contributed by atoms with Gasteiger partial charge in [0.05, 0.1) is 0 Å². The van der Waals surface area contributed by atoms with E-state index in [0.717, 1.165) is 6.54 Å². The van der Waals surface area contributed by atoms with Crippen LogP contribution in [0.2, 0.25) is 0 Å². The van der Waals surface area contributed by atoms with Gasteiger partial charge in [0.25, 0.3) is 0 Å². The molecule has 1 rings (SSSR count). The van der Waals surface area contributed by atoms with E-state index in [4.69, 9.17) is 0 Å². The van der Waals surface area contributed by atoms with Crippen LogP contribution in [0.1, 0.15) is 20.8 Å². The average Bonchev–Trinajstić information content (AvgIpc) is 1.88. The van der Waals surface area contributed by atoms with Gasteiger partial charge in [0.2, 0.25) is 0 Å². The second-order valence-corrected chi connectivity index (χ2v) is 3.44. The van der Waals surface area contributed by atoms with Crippen molar-refractivity contribution in [2.45, 2.75) is 32.9 Å². The molecule has 2 nitrogen and oxygen atoms in total. The number of nitrogens with one attached hydrogen (secondary N) is 1. The van der Waals surface area contributed by atoms with E-state index >= 15 is 0 Å². The molecule has 0 aromatic rings. The molecule has 1 saturated heterocycles. The SMILES string of the molecule is CC(C)N1CCN[C@@H](C)C1.Cl. The molecular formula is C8H19ClN2. The predicted octanol–water partition coefficient (Wildman–Crippen LogP) is 1.11. The van der Waals surface area contributed by atoms with Gasteiger partial charge in [-0.2, -0.15) is 0 Å². The molecule has 1 aliphatic rings. The standard InChI is InChI=1S/C8H18N2.ClH/c1-7(2)10-5-4-9-8(3)6-10;/h7-9H,4-6H2,1-3H3;1H/t8-;/m0./s1. The molecular weight excluding hydrogens is 160 g/mol. The van der Waals surface area contributed by atoms with Gasteiger partial charge in [-0.25, -0.2) is 0 Å². The monoisotopic (exact) mass is 178 g/mol. The largest absolute Gasteiger partial charge is 0.312 e. The third kappa shape index (κ3) is 3.41. The molecule has 0 aliphatic carbocycles. The Morgan fingerprint density at radius 3 is 2.45 bits per heavy atom. The van der Waals surface area contributed by atoms with Gasteiger partial charge in [0.15, 0.2) is 0 Å². The maximum absolute atomic E-state index is 3.43. The fourth-order valence-electron chi connectivity index (χ4n) is 1.43. The lowest BCUT2D eigenvalue weighted by atomic mass is 10.2. The Bertz CT molecular complexity index is 106. The van der Waals surface area contributed by atoms with Gasteiger partial charge >= 0.3 is 0 Å². The second kappa shape index (κ2) is 4.96. The summed E-state index contributed by atoms with van der Waals surface area (Å²) in [5, 5.41) is 3.43. The van der Waals surface area contributed by atoms with Gasteiger partial charge in [0.1, 0.15) is 0 Å². The Labute approximate surface area is 75.8 Å². The van der Waals surface area contributed by atoms with Crippen LogP contribution in [0.4, 0.5) is 0 Å². The van der Waals surface area contributed by atoms with Crippen LogP contribution in [-0.4, -0.2) is 36.6 Å². The minimum absolute atomic E-state index is 0. The van der Waals surface area contributed by atoms with Gasteiger partial charge < -0.3 is 5.32 Å². The topological polar surface area (TPSA) is 15.3 Å². The van der Waals surface area contributed by atoms with Crippen molar-refractivity contribution in [2.75, 3.05) is 19.6 Å². The van der Waals surface area contributed by atoms with E-state index in [1.54, 1.807) is 0 Å². The first kappa shape index (κ1) is 11.2. The Morgan fingerprint density at radius 1 is 1.45 bits per heavy atom. The summed E-state index contributed by atoms with van der Waals surface area (Å²) in [6, 6.07) is 1.39. The lowest BCUT2D eigenvalue weighted by Crippen LogP contribution is -2.51. The highest BCUT2D eigenvalue weighted by molar-refractivity contribution is 5.85. The number of rotatable bonds is 1. The third-order valence-electron chi connectivity index (χ3n) is 2.13. The van der Waals surface area contributed by atoms with Crippen LogP contribution >= 0.6 is 12.4 Å². The van der Waals surface area contributed by atoms with E-state index in [9.17, 15) is 0 Å². The molecule has 1 fully saturated rings. The molecule has 11 heavy (non-hydrogen) atoms. The van der Waals surface area contributed by atoms with Crippen LogP contribution in [-0.2, 0) is 0 Å². The van der Waals surface area contributed by atoms with Crippen LogP contribution in [0.15, 0.2) is 0 Å². The summed E-state index contributed by atoms with van der Waals surface area (Å²) in [5.41, 5.74) is 0. The van der Waals surface area contributed by atoms with Crippen molar-refractivity contribution in [1.82, 2.24) is 10.2 Å². The van der Waals surface area contributed by atoms with E-state index in [0.29, 0.717) is 12.1 Å². The third-order valence-corrected chi connectivity index (χ3v) is 2.13. The predicted molar refractivity (Wildman–Crippen MR) is 51.4 cm³/mol. The Kier molecular flexibility index (Phi) is 5.06. The first-order valence-electron chi connectivity index (χ1n) is 4.17. The Balaban J connectivity index is 0.000001000. The van der Waals surface area contributed by atoms with Gasteiger partial charge in [-0.05, 0) is 20.8 Å². The summed E-state index contributed by atoms with van der Waals surface area (Å²) < 4.78 is 0. The van der Waals surface area contributed by atoms with Crippen LogP contribution in [0.25, 0.3) is 0 Å². The average molecular weight is 179 g/mol. The maximum Gasteiger partial charge on any atom is 0.0167 e. The number of hydrogen-bond acceptors (Lipinski definition) is 2. The molecule has 0 spiro atoms. The molecule has 1 atom stereocenters. The van der Waals surface area contributed by atoms with E-state index in [1.807, 2.05) is 0 Å². The number of halogens is 1. The zero-order chi connectivity index (χ0) is 7.56.